The molecule has 26 heavy (non-hydrogen) atoms. The third-order valence-electron chi connectivity index (χ3n) is 4.59. The molecule has 2 heterocycles. The first-order valence-corrected chi connectivity index (χ1v) is 8.73. The van der Waals surface area contributed by atoms with Crippen molar-refractivity contribution in [3.8, 4) is 22.8 Å². The average Bonchev–Trinajstić information content (AvgIpc) is 3.32. The number of hydrogen-bond acceptors (Lipinski definition) is 5. The molecule has 1 aromatic heterocycles. The summed E-state index contributed by atoms with van der Waals surface area (Å²) in [6.45, 7) is 1.95. The highest BCUT2D eigenvalue weighted by atomic mass is 16.5. The summed E-state index contributed by atoms with van der Waals surface area (Å²) < 4.78 is 5.44. The van der Waals surface area contributed by atoms with E-state index in [0.717, 1.165) is 35.2 Å². The van der Waals surface area contributed by atoms with Crippen molar-refractivity contribution in [1.82, 2.24) is 15.0 Å². The predicted octanol–water partition coefficient (Wildman–Crippen LogP) is 2.98. The topological polar surface area (TPSA) is 85.2 Å². The van der Waals surface area contributed by atoms with Gasteiger partial charge in [0.2, 0.25) is 11.7 Å². The maximum absolute atomic E-state index is 11.8. The van der Waals surface area contributed by atoms with Crippen LogP contribution in [0.1, 0.15) is 24.0 Å². The first-order chi connectivity index (χ1) is 12.7. The van der Waals surface area contributed by atoms with Gasteiger partial charge < -0.3 is 15.2 Å². The van der Waals surface area contributed by atoms with Crippen LogP contribution in [0.5, 0.6) is 0 Å². The van der Waals surface area contributed by atoms with E-state index in [1.165, 1.54) is 0 Å². The molecule has 0 spiro atoms. The van der Waals surface area contributed by atoms with Crippen LogP contribution in [0.4, 0.5) is 0 Å². The van der Waals surface area contributed by atoms with Gasteiger partial charge in [-0.15, -0.1) is 0 Å². The van der Waals surface area contributed by atoms with Crippen LogP contribution < -0.4 is 5.73 Å². The number of benzene rings is 2. The van der Waals surface area contributed by atoms with Crippen LogP contribution in [0.3, 0.4) is 0 Å². The van der Waals surface area contributed by atoms with Crippen molar-refractivity contribution >= 4 is 5.91 Å². The number of carbonyl (C=O) groups is 1. The van der Waals surface area contributed by atoms with Gasteiger partial charge in [-0.2, -0.15) is 4.98 Å². The predicted molar refractivity (Wildman–Crippen MR) is 97.7 cm³/mol. The number of hydrogen-bond donors (Lipinski definition) is 1. The van der Waals surface area contributed by atoms with Crippen molar-refractivity contribution < 1.29 is 9.32 Å². The van der Waals surface area contributed by atoms with Gasteiger partial charge in [0.05, 0.1) is 0 Å². The van der Waals surface area contributed by atoms with Crippen molar-refractivity contribution in [2.24, 2.45) is 5.73 Å². The molecule has 0 aliphatic carbocycles. The van der Waals surface area contributed by atoms with Gasteiger partial charge in [0.15, 0.2) is 0 Å². The lowest BCUT2D eigenvalue weighted by molar-refractivity contribution is -0.128. The van der Waals surface area contributed by atoms with Crippen LogP contribution in [0, 0.1) is 0 Å². The minimum atomic E-state index is 0.219. The second kappa shape index (κ2) is 7.09. The Morgan fingerprint density at radius 2 is 1.92 bits per heavy atom. The molecule has 6 heteroatoms. The lowest BCUT2D eigenvalue weighted by atomic mass is 10.1. The minimum Gasteiger partial charge on any atom is -0.338 e. The number of rotatable bonds is 5. The molecule has 0 atom stereocenters. The van der Waals surface area contributed by atoms with Crippen molar-refractivity contribution in [2.75, 3.05) is 6.54 Å². The Morgan fingerprint density at radius 3 is 2.65 bits per heavy atom. The van der Waals surface area contributed by atoms with Gasteiger partial charge in [-0.1, -0.05) is 41.6 Å². The summed E-state index contributed by atoms with van der Waals surface area (Å²) in [6, 6.07) is 15.7. The molecule has 0 radical (unpaired) electrons. The van der Waals surface area contributed by atoms with Crippen molar-refractivity contribution in [2.45, 2.75) is 25.9 Å². The average molecular weight is 348 g/mol. The van der Waals surface area contributed by atoms with Gasteiger partial charge in [-0.3, -0.25) is 4.79 Å². The first-order valence-electron chi connectivity index (χ1n) is 8.73. The van der Waals surface area contributed by atoms with Gasteiger partial charge in [0, 0.05) is 37.2 Å². The molecule has 132 valence electrons. The third-order valence-corrected chi connectivity index (χ3v) is 4.59. The quantitative estimate of drug-likeness (QED) is 0.766. The molecule has 2 N–H and O–H groups in total. The van der Waals surface area contributed by atoms with E-state index in [2.05, 4.69) is 10.1 Å². The molecule has 6 nitrogen and oxygen atoms in total. The van der Waals surface area contributed by atoms with Crippen LogP contribution in [-0.4, -0.2) is 27.5 Å². The smallest absolute Gasteiger partial charge is 0.258 e. The number of amides is 1. The van der Waals surface area contributed by atoms with E-state index in [1.54, 1.807) is 0 Å². The van der Waals surface area contributed by atoms with Crippen LogP contribution in [0.15, 0.2) is 53.1 Å². The zero-order valence-corrected chi connectivity index (χ0v) is 14.4. The van der Waals surface area contributed by atoms with Crippen molar-refractivity contribution in [1.29, 1.82) is 0 Å². The van der Waals surface area contributed by atoms with Gasteiger partial charge in [0.1, 0.15) is 0 Å². The molecule has 1 aliphatic heterocycles. The lowest BCUT2D eigenvalue weighted by Gasteiger charge is -2.15. The fourth-order valence-electron chi connectivity index (χ4n) is 3.14. The summed E-state index contributed by atoms with van der Waals surface area (Å²) >= 11 is 0. The number of nitrogens with two attached hydrogens (primary N) is 1. The van der Waals surface area contributed by atoms with Gasteiger partial charge in [-0.25, -0.2) is 0 Å². The summed E-state index contributed by atoms with van der Waals surface area (Å²) in [5, 5.41) is 4.08. The highest BCUT2D eigenvalue weighted by Gasteiger charge is 2.20. The summed E-state index contributed by atoms with van der Waals surface area (Å²) in [5.74, 6) is 1.23. The molecule has 1 fully saturated rings. The standard InChI is InChI=1S/C20H20N4O2/c21-12-14-6-8-16(9-7-14)19-22-20(26-23-19)17-4-1-3-15(11-17)13-24-10-2-5-18(24)25/h1,3-4,6-9,11H,2,5,10,12-13,21H2. The van der Waals surface area contributed by atoms with E-state index in [1.807, 2.05) is 53.4 Å². The van der Waals surface area contributed by atoms with Crippen LogP contribution in [0.2, 0.25) is 0 Å². The Labute approximate surface area is 151 Å². The summed E-state index contributed by atoms with van der Waals surface area (Å²) in [6.07, 6.45) is 1.59. The maximum atomic E-state index is 11.8. The normalized spacial score (nSPS) is 14.2. The van der Waals surface area contributed by atoms with Crippen LogP contribution in [0.25, 0.3) is 22.8 Å². The second-order valence-corrected chi connectivity index (χ2v) is 6.44. The Bertz CT molecular complexity index is 918. The number of likely N-dealkylation sites (tertiary alicyclic amines) is 1. The van der Waals surface area contributed by atoms with Crippen molar-refractivity contribution in [3.63, 3.8) is 0 Å². The monoisotopic (exact) mass is 348 g/mol. The van der Waals surface area contributed by atoms with Gasteiger partial charge in [-0.05, 0) is 29.7 Å². The molecule has 0 bridgehead atoms. The highest BCUT2D eigenvalue weighted by Crippen LogP contribution is 2.24. The van der Waals surface area contributed by atoms with E-state index in [4.69, 9.17) is 10.3 Å². The molecule has 0 saturated carbocycles. The fourth-order valence-corrected chi connectivity index (χ4v) is 3.14. The fraction of sp³-hybridized carbons (Fsp3) is 0.250. The van der Waals surface area contributed by atoms with Crippen molar-refractivity contribution in [3.05, 3.63) is 59.7 Å². The van der Waals surface area contributed by atoms with E-state index in [-0.39, 0.29) is 5.91 Å². The zero-order chi connectivity index (χ0) is 17.9. The molecule has 4 rings (SSSR count). The van der Waals surface area contributed by atoms with Gasteiger partial charge in [0.25, 0.3) is 5.89 Å². The van der Waals surface area contributed by atoms with Gasteiger partial charge >= 0.3 is 0 Å². The first kappa shape index (κ1) is 16.5. The molecule has 3 aromatic rings. The summed E-state index contributed by atoms with van der Waals surface area (Å²) in [7, 11) is 0. The Balaban J connectivity index is 1.55. The van der Waals surface area contributed by atoms with E-state index >= 15 is 0 Å². The van der Waals surface area contributed by atoms with E-state index in [9.17, 15) is 4.79 Å². The van der Waals surface area contributed by atoms with E-state index < -0.39 is 0 Å². The summed E-state index contributed by atoms with van der Waals surface area (Å²) in [5.41, 5.74) is 9.48. The minimum absolute atomic E-state index is 0.219. The molecule has 1 saturated heterocycles. The largest absolute Gasteiger partial charge is 0.338 e. The number of nitrogens with zero attached hydrogens (tertiary/aromatic N) is 3. The molecule has 0 unspecified atom stereocenters. The molecular weight excluding hydrogens is 328 g/mol. The van der Waals surface area contributed by atoms with E-state index in [0.29, 0.717) is 31.2 Å². The molecule has 1 aliphatic rings. The second-order valence-electron chi connectivity index (χ2n) is 6.44. The highest BCUT2D eigenvalue weighted by molar-refractivity contribution is 5.78. The Hall–Kier alpha value is -2.99. The zero-order valence-electron chi connectivity index (χ0n) is 14.4. The molecular formula is C20H20N4O2. The van der Waals surface area contributed by atoms with Crippen LogP contribution >= 0.6 is 0 Å². The maximum Gasteiger partial charge on any atom is 0.258 e. The Kier molecular flexibility index (Phi) is 4.50. The summed E-state index contributed by atoms with van der Waals surface area (Å²) in [4.78, 5) is 18.2. The molecule has 1 amide bonds. The third kappa shape index (κ3) is 3.36. The molecule has 2 aromatic carbocycles. The lowest BCUT2D eigenvalue weighted by Crippen LogP contribution is -2.23. The number of carbonyl (C=O) groups excluding carboxylic acids is 1. The Morgan fingerprint density at radius 1 is 1.08 bits per heavy atom. The number of aromatic nitrogens is 2. The SMILES string of the molecule is NCc1ccc(-c2noc(-c3cccc(CN4CCCC4=O)c3)n2)cc1. The van der Waals surface area contributed by atoms with Crippen LogP contribution in [-0.2, 0) is 17.9 Å².